The second-order valence-electron chi connectivity index (χ2n) is 10.9. The summed E-state index contributed by atoms with van der Waals surface area (Å²) in [7, 11) is 0. The van der Waals surface area contributed by atoms with Gasteiger partial charge in [-0.15, -0.1) is 0 Å². The molecule has 1 aliphatic carbocycles. The number of hydrogen-bond donors (Lipinski definition) is 2. The van der Waals surface area contributed by atoms with Crippen LogP contribution in [0.1, 0.15) is 84.1 Å². The summed E-state index contributed by atoms with van der Waals surface area (Å²) in [5, 5.41) is 5.40. The highest BCUT2D eigenvalue weighted by Gasteiger charge is 2.39. The van der Waals surface area contributed by atoms with Crippen LogP contribution in [0.4, 0.5) is 18.9 Å². The molecule has 1 saturated carbocycles. The van der Waals surface area contributed by atoms with Gasteiger partial charge in [-0.2, -0.15) is 0 Å². The third-order valence-electron chi connectivity index (χ3n) is 8.17. The number of anilines is 1. The van der Waals surface area contributed by atoms with Gasteiger partial charge >= 0.3 is 0 Å². The molecule has 37 heavy (non-hydrogen) atoms. The molecule has 6 nitrogen and oxygen atoms in total. The van der Waals surface area contributed by atoms with E-state index in [1.165, 1.54) is 17.0 Å². The molecule has 1 saturated heterocycles. The van der Waals surface area contributed by atoms with Crippen LogP contribution >= 0.6 is 0 Å². The van der Waals surface area contributed by atoms with E-state index in [0.717, 1.165) is 25.7 Å². The van der Waals surface area contributed by atoms with Crippen LogP contribution in [0.2, 0.25) is 0 Å². The first-order valence-corrected chi connectivity index (χ1v) is 13.5. The van der Waals surface area contributed by atoms with Gasteiger partial charge in [0.15, 0.2) is 0 Å². The predicted octanol–water partition coefficient (Wildman–Crippen LogP) is 5.48. The van der Waals surface area contributed by atoms with Crippen molar-refractivity contribution in [2.45, 2.75) is 90.5 Å². The molecule has 0 aromatic heterocycles. The summed E-state index contributed by atoms with van der Waals surface area (Å²) in [4.78, 5) is 39.6. The Morgan fingerprint density at radius 2 is 1.70 bits per heavy atom. The lowest BCUT2D eigenvalue weighted by molar-refractivity contribution is -0.142. The van der Waals surface area contributed by atoms with Gasteiger partial charge in [0.05, 0.1) is 5.69 Å². The third-order valence-corrected chi connectivity index (χ3v) is 8.17. The molecule has 1 aromatic rings. The maximum Gasteiger partial charge on any atom is 0.251 e. The number of piperidine rings is 1. The van der Waals surface area contributed by atoms with Crippen LogP contribution in [0.25, 0.3) is 0 Å². The second-order valence-corrected chi connectivity index (χ2v) is 10.9. The van der Waals surface area contributed by atoms with Crippen LogP contribution in [-0.4, -0.2) is 47.7 Å². The molecular formula is C28H40F3N3O3. The lowest BCUT2D eigenvalue weighted by Crippen LogP contribution is -2.53. The molecule has 1 heterocycles. The second kappa shape index (κ2) is 12.3. The molecule has 0 unspecified atom stereocenters. The molecule has 3 atom stereocenters. The maximum absolute atomic E-state index is 15.1. The van der Waals surface area contributed by atoms with Gasteiger partial charge in [-0.05, 0) is 42.4 Å². The zero-order valence-electron chi connectivity index (χ0n) is 22.3. The number of carbonyl (C=O) groups is 3. The van der Waals surface area contributed by atoms with E-state index in [0.29, 0.717) is 11.5 Å². The van der Waals surface area contributed by atoms with Crippen molar-refractivity contribution in [1.29, 1.82) is 0 Å². The minimum Gasteiger partial charge on any atom is -0.344 e. The number of halogens is 3. The standard InChI is InChI=1S/C28H40F3N3O3/c1-5-24(35)33-25(27(37)34-14-12-28(30,31)13-15-34)18(3)21-10-11-23(22(29)16-21)32-26(36)19(4)20-8-6-17(2)7-9-20/h10-11,16-20,25H,5-9,12-15H2,1-4H3,(H,32,36)(H,33,35)/t17?,18-,19-,20?,25+/m0/s1. The molecule has 9 heteroatoms. The molecule has 2 N–H and O–H groups in total. The van der Waals surface area contributed by atoms with E-state index in [4.69, 9.17) is 0 Å². The van der Waals surface area contributed by atoms with Gasteiger partial charge in [-0.1, -0.05) is 46.6 Å². The minimum absolute atomic E-state index is 0.0655. The molecule has 2 aliphatic rings. The average molecular weight is 524 g/mol. The summed E-state index contributed by atoms with van der Waals surface area (Å²) >= 11 is 0. The summed E-state index contributed by atoms with van der Waals surface area (Å²) in [6, 6.07) is 3.33. The molecule has 1 aliphatic heterocycles. The molecular weight excluding hydrogens is 483 g/mol. The van der Waals surface area contributed by atoms with E-state index < -0.39 is 42.4 Å². The topological polar surface area (TPSA) is 78.5 Å². The Balaban J connectivity index is 1.71. The van der Waals surface area contributed by atoms with E-state index >= 15 is 4.39 Å². The minimum atomic E-state index is -2.80. The van der Waals surface area contributed by atoms with Crippen LogP contribution in [-0.2, 0) is 14.4 Å². The fourth-order valence-corrected chi connectivity index (χ4v) is 5.28. The zero-order chi connectivity index (χ0) is 27.3. The number of hydrogen-bond acceptors (Lipinski definition) is 3. The lowest BCUT2D eigenvalue weighted by atomic mass is 9.76. The normalized spacial score (nSPS) is 24.0. The Morgan fingerprint density at radius 3 is 2.27 bits per heavy atom. The number of nitrogens with zero attached hydrogens (tertiary/aromatic N) is 1. The van der Waals surface area contributed by atoms with Gasteiger partial charge in [0, 0.05) is 44.2 Å². The van der Waals surface area contributed by atoms with E-state index in [2.05, 4.69) is 17.6 Å². The quantitative estimate of drug-likeness (QED) is 0.474. The van der Waals surface area contributed by atoms with Crippen molar-refractivity contribution in [2.24, 2.45) is 17.8 Å². The van der Waals surface area contributed by atoms with Crippen molar-refractivity contribution < 1.29 is 27.6 Å². The first-order chi connectivity index (χ1) is 17.4. The van der Waals surface area contributed by atoms with E-state index in [9.17, 15) is 23.2 Å². The summed E-state index contributed by atoms with van der Waals surface area (Å²) in [6.45, 7) is 7.23. The van der Waals surface area contributed by atoms with Crippen molar-refractivity contribution in [2.75, 3.05) is 18.4 Å². The van der Waals surface area contributed by atoms with Crippen molar-refractivity contribution in [3.63, 3.8) is 0 Å². The highest BCUT2D eigenvalue weighted by Crippen LogP contribution is 2.34. The third kappa shape index (κ3) is 7.48. The summed E-state index contributed by atoms with van der Waals surface area (Å²) < 4.78 is 42.3. The highest BCUT2D eigenvalue weighted by molar-refractivity contribution is 5.92. The van der Waals surface area contributed by atoms with Crippen LogP contribution in [0.15, 0.2) is 18.2 Å². The molecule has 0 spiro atoms. The van der Waals surface area contributed by atoms with Crippen molar-refractivity contribution in [1.82, 2.24) is 10.2 Å². The molecule has 0 radical (unpaired) electrons. The van der Waals surface area contributed by atoms with Crippen molar-refractivity contribution in [3.05, 3.63) is 29.6 Å². The SMILES string of the molecule is CCC(=O)N[C@@H](C(=O)N1CCC(F)(F)CC1)[C@@H](C)c1ccc(NC(=O)[C@@H](C)C2CCC(C)CC2)c(F)c1. The Labute approximate surface area is 217 Å². The van der Waals surface area contributed by atoms with E-state index in [1.54, 1.807) is 19.9 Å². The molecule has 206 valence electrons. The summed E-state index contributed by atoms with van der Waals surface area (Å²) in [6.07, 6.45) is 3.46. The number of amides is 3. The first kappa shape index (κ1) is 29.0. The number of rotatable bonds is 8. The molecule has 3 rings (SSSR count). The molecule has 0 bridgehead atoms. The van der Waals surface area contributed by atoms with Gasteiger partial charge in [-0.25, -0.2) is 13.2 Å². The summed E-state index contributed by atoms with van der Waals surface area (Å²) in [5.41, 5.74) is 0.526. The average Bonchev–Trinajstić information content (AvgIpc) is 2.87. The largest absolute Gasteiger partial charge is 0.344 e. The van der Waals surface area contributed by atoms with Gasteiger partial charge in [-0.3, -0.25) is 14.4 Å². The number of benzene rings is 1. The number of nitrogens with one attached hydrogen (secondary N) is 2. The first-order valence-electron chi connectivity index (χ1n) is 13.5. The highest BCUT2D eigenvalue weighted by atomic mass is 19.3. The predicted molar refractivity (Wildman–Crippen MR) is 137 cm³/mol. The van der Waals surface area contributed by atoms with E-state index in [1.807, 2.05) is 6.92 Å². The molecule has 1 aromatic carbocycles. The zero-order valence-corrected chi connectivity index (χ0v) is 22.3. The number of alkyl halides is 2. The Morgan fingerprint density at radius 1 is 1.08 bits per heavy atom. The van der Waals surface area contributed by atoms with Gasteiger partial charge in [0.2, 0.25) is 17.7 Å². The smallest absolute Gasteiger partial charge is 0.251 e. The molecule has 3 amide bonds. The monoisotopic (exact) mass is 523 g/mol. The Kier molecular flexibility index (Phi) is 9.64. The number of carbonyl (C=O) groups excluding carboxylic acids is 3. The van der Waals surface area contributed by atoms with Gasteiger partial charge in [0.1, 0.15) is 11.9 Å². The lowest BCUT2D eigenvalue weighted by Gasteiger charge is -2.36. The summed E-state index contributed by atoms with van der Waals surface area (Å²) in [5.74, 6) is -4.37. The fourth-order valence-electron chi connectivity index (χ4n) is 5.28. The number of likely N-dealkylation sites (tertiary alicyclic amines) is 1. The van der Waals surface area contributed by atoms with Crippen LogP contribution in [0, 0.1) is 23.6 Å². The van der Waals surface area contributed by atoms with Crippen molar-refractivity contribution in [3.8, 4) is 0 Å². The van der Waals surface area contributed by atoms with Gasteiger partial charge in [0.25, 0.3) is 5.92 Å². The van der Waals surface area contributed by atoms with E-state index in [-0.39, 0.29) is 48.8 Å². The fraction of sp³-hybridized carbons (Fsp3) is 0.679. The molecule has 2 fully saturated rings. The van der Waals surface area contributed by atoms with Gasteiger partial charge < -0.3 is 15.5 Å². The maximum atomic E-state index is 15.1. The Bertz CT molecular complexity index is 969. The van der Waals surface area contributed by atoms with Crippen molar-refractivity contribution >= 4 is 23.4 Å². The van der Waals surface area contributed by atoms with Crippen LogP contribution in [0.5, 0.6) is 0 Å². The van der Waals surface area contributed by atoms with Crippen LogP contribution in [0.3, 0.4) is 0 Å². The van der Waals surface area contributed by atoms with Crippen LogP contribution < -0.4 is 10.6 Å². The Hall–Kier alpha value is -2.58.